The van der Waals surface area contributed by atoms with Crippen molar-refractivity contribution in [1.82, 2.24) is 9.62 Å². The standard InChI is InChI=1S/C17H25N3O4S/c21-20(22)16-7-3-4-8-17(16)25(23,24)18-13-14-9-11-19(12-10-14)15-5-1-2-6-15/h3-4,7-8,14-15,18H,1-2,5-6,9-13H2. The number of hydrogen-bond donors (Lipinski definition) is 1. The third-order valence-electron chi connectivity index (χ3n) is 5.40. The van der Waals surface area contributed by atoms with Crippen LogP contribution >= 0.6 is 0 Å². The van der Waals surface area contributed by atoms with E-state index in [0.29, 0.717) is 12.6 Å². The van der Waals surface area contributed by atoms with Gasteiger partial charge >= 0.3 is 0 Å². The molecule has 1 heterocycles. The van der Waals surface area contributed by atoms with E-state index in [-0.39, 0.29) is 16.5 Å². The first-order valence-corrected chi connectivity index (χ1v) is 10.4. The zero-order chi connectivity index (χ0) is 17.9. The van der Waals surface area contributed by atoms with Crippen LogP contribution in [0.15, 0.2) is 29.2 Å². The van der Waals surface area contributed by atoms with Crippen LogP contribution in [-0.4, -0.2) is 43.9 Å². The van der Waals surface area contributed by atoms with Gasteiger partial charge in [-0.3, -0.25) is 10.1 Å². The molecule has 0 amide bonds. The molecule has 1 saturated heterocycles. The highest BCUT2D eigenvalue weighted by molar-refractivity contribution is 7.89. The van der Waals surface area contributed by atoms with Crippen LogP contribution in [0.5, 0.6) is 0 Å². The van der Waals surface area contributed by atoms with Crippen molar-refractivity contribution < 1.29 is 13.3 Å². The lowest BCUT2D eigenvalue weighted by atomic mass is 9.96. The molecule has 2 fully saturated rings. The fourth-order valence-corrected chi connectivity index (χ4v) is 5.22. The minimum Gasteiger partial charge on any atom is -0.300 e. The summed E-state index contributed by atoms with van der Waals surface area (Å²) in [5, 5.41) is 11.0. The zero-order valence-corrected chi connectivity index (χ0v) is 15.1. The predicted molar refractivity (Wildman–Crippen MR) is 94.8 cm³/mol. The van der Waals surface area contributed by atoms with Gasteiger partial charge in [0, 0.05) is 18.7 Å². The monoisotopic (exact) mass is 367 g/mol. The molecule has 0 unspecified atom stereocenters. The Morgan fingerprint density at radius 2 is 1.76 bits per heavy atom. The van der Waals surface area contributed by atoms with Crippen molar-refractivity contribution in [2.24, 2.45) is 5.92 Å². The molecule has 25 heavy (non-hydrogen) atoms. The molecule has 3 rings (SSSR count). The minimum absolute atomic E-state index is 0.261. The van der Waals surface area contributed by atoms with Gasteiger partial charge < -0.3 is 4.90 Å². The fourth-order valence-electron chi connectivity index (χ4n) is 3.93. The maximum absolute atomic E-state index is 12.4. The Kier molecular flexibility index (Phi) is 5.71. The van der Waals surface area contributed by atoms with Gasteiger partial charge in [-0.2, -0.15) is 0 Å². The molecule has 1 aromatic rings. The summed E-state index contributed by atoms with van der Waals surface area (Å²) in [7, 11) is -3.87. The summed E-state index contributed by atoms with van der Waals surface area (Å²) in [6, 6.07) is 6.18. The van der Waals surface area contributed by atoms with Gasteiger partial charge in [-0.1, -0.05) is 25.0 Å². The van der Waals surface area contributed by atoms with Crippen molar-refractivity contribution in [2.45, 2.75) is 49.5 Å². The van der Waals surface area contributed by atoms with E-state index in [2.05, 4.69) is 9.62 Å². The summed E-state index contributed by atoms with van der Waals surface area (Å²) in [6.45, 7) is 2.37. The molecule has 2 aliphatic rings. The van der Waals surface area contributed by atoms with Crippen LogP contribution in [0.2, 0.25) is 0 Å². The van der Waals surface area contributed by atoms with E-state index in [1.165, 1.54) is 49.9 Å². The molecule has 8 heteroatoms. The average Bonchev–Trinajstić information content (AvgIpc) is 3.15. The van der Waals surface area contributed by atoms with Gasteiger partial charge in [-0.15, -0.1) is 0 Å². The van der Waals surface area contributed by atoms with Gasteiger partial charge in [0.1, 0.15) is 0 Å². The highest BCUT2D eigenvalue weighted by Crippen LogP contribution is 2.28. The highest BCUT2D eigenvalue weighted by Gasteiger charge is 2.29. The minimum atomic E-state index is -3.87. The number of para-hydroxylation sites is 1. The first-order valence-electron chi connectivity index (χ1n) is 8.94. The van der Waals surface area contributed by atoms with Gasteiger partial charge in [-0.25, -0.2) is 13.1 Å². The van der Waals surface area contributed by atoms with Gasteiger partial charge in [-0.05, 0) is 50.8 Å². The number of piperidine rings is 1. The van der Waals surface area contributed by atoms with Gasteiger partial charge in [0.25, 0.3) is 5.69 Å². The van der Waals surface area contributed by atoms with Crippen LogP contribution in [-0.2, 0) is 10.0 Å². The van der Waals surface area contributed by atoms with Crippen LogP contribution in [0.4, 0.5) is 5.69 Å². The third-order valence-corrected chi connectivity index (χ3v) is 6.87. The van der Waals surface area contributed by atoms with Crippen LogP contribution in [0.1, 0.15) is 38.5 Å². The van der Waals surface area contributed by atoms with Crippen LogP contribution in [0.3, 0.4) is 0 Å². The lowest BCUT2D eigenvalue weighted by molar-refractivity contribution is -0.387. The zero-order valence-electron chi connectivity index (χ0n) is 14.3. The summed E-state index contributed by atoms with van der Waals surface area (Å²) in [6.07, 6.45) is 7.15. The molecule has 1 aliphatic carbocycles. The number of nitro groups is 1. The van der Waals surface area contributed by atoms with Gasteiger partial charge in [0.15, 0.2) is 4.90 Å². The number of hydrogen-bond acceptors (Lipinski definition) is 5. The molecular weight excluding hydrogens is 342 g/mol. The van der Waals surface area contributed by atoms with Crippen LogP contribution < -0.4 is 4.72 Å². The Balaban J connectivity index is 1.56. The average molecular weight is 367 g/mol. The smallest absolute Gasteiger partial charge is 0.289 e. The van der Waals surface area contributed by atoms with Crippen molar-refractivity contribution in [3.8, 4) is 0 Å². The summed E-state index contributed by atoms with van der Waals surface area (Å²) in [4.78, 5) is 12.7. The number of benzene rings is 1. The van der Waals surface area contributed by atoms with E-state index in [9.17, 15) is 18.5 Å². The Morgan fingerprint density at radius 3 is 2.40 bits per heavy atom. The number of sulfonamides is 1. The summed E-state index contributed by atoms with van der Waals surface area (Å²) in [5.74, 6) is 0.287. The van der Waals surface area contributed by atoms with Crippen molar-refractivity contribution in [3.63, 3.8) is 0 Å². The van der Waals surface area contributed by atoms with Crippen molar-refractivity contribution >= 4 is 15.7 Å². The van der Waals surface area contributed by atoms with Crippen molar-refractivity contribution in [2.75, 3.05) is 19.6 Å². The highest BCUT2D eigenvalue weighted by atomic mass is 32.2. The first kappa shape index (κ1) is 18.3. The number of rotatable bonds is 6. The summed E-state index contributed by atoms with van der Waals surface area (Å²) < 4.78 is 27.5. The van der Waals surface area contributed by atoms with E-state index in [1.807, 2.05) is 0 Å². The van der Waals surface area contributed by atoms with E-state index in [0.717, 1.165) is 25.9 Å². The van der Waals surface area contributed by atoms with Gasteiger partial charge in [0.05, 0.1) is 4.92 Å². The predicted octanol–water partition coefficient (Wildman–Crippen LogP) is 2.53. The molecule has 0 spiro atoms. The third kappa shape index (κ3) is 4.37. The lowest BCUT2D eigenvalue weighted by Gasteiger charge is -2.36. The normalized spacial score (nSPS) is 20.8. The quantitative estimate of drug-likeness (QED) is 0.616. The van der Waals surface area contributed by atoms with Crippen molar-refractivity contribution in [1.29, 1.82) is 0 Å². The molecule has 1 N–H and O–H groups in total. The lowest BCUT2D eigenvalue weighted by Crippen LogP contribution is -2.42. The fraction of sp³-hybridized carbons (Fsp3) is 0.647. The van der Waals surface area contributed by atoms with E-state index in [1.54, 1.807) is 0 Å². The molecule has 1 saturated carbocycles. The molecule has 0 aromatic heterocycles. The molecule has 1 aromatic carbocycles. The number of likely N-dealkylation sites (tertiary alicyclic amines) is 1. The van der Waals surface area contributed by atoms with Crippen LogP contribution in [0.25, 0.3) is 0 Å². The first-order chi connectivity index (χ1) is 12.0. The van der Waals surface area contributed by atoms with E-state index < -0.39 is 14.9 Å². The van der Waals surface area contributed by atoms with E-state index >= 15 is 0 Å². The molecule has 1 aliphatic heterocycles. The van der Waals surface area contributed by atoms with E-state index in [4.69, 9.17) is 0 Å². The second kappa shape index (κ2) is 7.80. The maximum Gasteiger partial charge on any atom is 0.289 e. The SMILES string of the molecule is O=[N+]([O-])c1ccccc1S(=O)(=O)NCC1CCN(C2CCCC2)CC1. The van der Waals surface area contributed by atoms with Gasteiger partial charge in [0.2, 0.25) is 10.0 Å². The number of nitro benzene ring substituents is 1. The summed E-state index contributed by atoms with van der Waals surface area (Å²) >= 11 is 0. The topological polar surface area (TPSA) is 92.5 Å². The Labute approximate surface area is 148 Å². The molecule has 7 nitrogen and oxygen atoms in total. The van der Waals surface area contributed by atoms with Crippen LogP contribution in [0, 0.1) is 16.0 Å². The molecule has 138 valence electrons. The number of nitrogens with zero attached hydrogens (tertiary/aromatic N) is 2. The van der Waals surface area contributed by atoms with Crippen molar-refractivity contribution in [3.05, 3.63) is 34.4 Å². The molecule has 0 atom stereocenters. The Bertz CT molecular complexity index is 708. The Morgan fingerprint density at radius 1 is 1.12 bits per heavy atom. The Hall–Kier alpha value is -1.51. The second-order valence-electron chi connectivity index (χ2n) is 6.99. The molecular formula is C17H25N3O4S. The molecule has 0 radical (unpaired) electrons. The second-order valence-corrected chi connectivity index (χ2v) is 8.73. The number of nitrogens with one attached hydrogen (secondary N) is 1. The molecule has 0 bridgehead atoms. The summed E-state index contributed by atoms with van der Waals surface area (Å²) in [5.41, 5.74) is -0.383. The maximum atomic E-state index is 12.4. The largest absolute Gasteiger partial charge is 0.300 e.